The molecule has 0 bridgehead atoms. The summed E-state index contributed by atoms with van der Waals surface area (Å²) >= 11 is 0. The van der Waals surface area contributed by atoms with Crippen LogP contribution >= 0.6 is 0 Å². The number of aliphatic carboxylic acids is 1. The lowest BCUT2D eigenvalue weighted by Crippen LogP contribution is -2.41. The Bertz CT molecular complexity index is 1200. The van der Waals surface area contributed by atoms with E-state index in [2.05, 4.69) is 5.16 Å². The van der Waals surface area contributed by atoms with Gasteiger partial charge in [-0.3, -0.25) is 4.79 Å². The lowest BCUT2D eigenvalue weighted by molar-refractivity contribution is -0.149. The first-order valence-electron chi connectivity index (χ1n) is 12.2. The van der Waals surface area contributed by atoms with Crippen LogP contribution in [-0.4, -0.2) is 60.4 Å². The van der Waals surface area contributed by atoms with Gasteiger partial charge in [-0.15, -0.1) is 0 Å². The molecule has 9 nitrogen and oxygen atoms in total. The molecule has 2 aromatic rings. The number of rotatable bonds is 11. The minimum Gasteiger partial charge on any atom is -0.492 e. The predicted molar refractivity (Wildman–Crippen MR) is 138 cm³/mol. The van der Waals surface area contributed by atoms with Gasteiger partial charge in [-0.2, -0.15) is 0 Å². The van der Waals surface area contributed by atoms with Crippen molar-refractivity contribution in [1.29, 1.82) is 0 Å². The van der Waals surface area contributed by atoms with Crippen LogP contribution in [0.3, 0.4) is 0 Å². The maximum absolute atomic E-state index is 12.7. The number of fused-ring (bicyclic) bond motifs is 1. The molecular weight excluding hydrogens is 476 g/mol. The number of carboxylic acid groups (broad SMARTS) is 1. The average molecular weight is 507 g/mol. The van der Waals surface area contributed by atoms with E-state index in [1.54, 1.807) is 30.0 Å². The molecule has 1 aliphatic carbocycles. The van der Waals surface area contributed by atoms with Crippen LogP contribution in [0.2, 0.25) is 0 Å². The lowest BCUT2D eigenvalue weighted by atomic mass is 9.91. The molecule has 0 spiro atoms. The van der Waals surface area contributed by atoms with Crippen molar-refractivity contribution in [2.24, 2.45) is 11.1 Å². The van der Waals surface area contributed by atoms with Gasteiger partial charge in [0.25, 0.3) is 5.91 Å². The Kier molecular flexibility index (Phi) is 8.58. The van der Waals surface area contributed by atoms with Crippen LogP contribution in [0.15, 0.2) is 71.9 Å². The Morgan fingerprint density at radius 1 is 1.19 bits per heavy atom. The fourth-order valence-electron chi connectivity index (χ4n) is 4.34. The zero-order valence-corrected chi connectivity index (χ0v) is 20.6. The van der Waals surface area contributed by atoms with Gasteiger partial charge >= 0.3 is 5.97 Å². The van der Waals surface area contributed by atoms with Gasteiger partial charge in [0, 0.05) is 18.9 Å². The molecule has 2 aliphatic rings. The molecule has 37 heavy (non-hydrogen) atoms. The van der Waals surface area contributed by atoms with E-state index in [0.717, 1.165) is 11.1 Å². The lowest BCUT2D eigenvalue weighted by Gasteiger charge is -2.30. The van der Waals surface area contributed by atoms with Crippen LogP contribution in [0.25, 0.3) is 0 Å². The van der Waals surface area contributed by atoms with Gasteiger partial charge in [0.15, 0.2) is 12.7 Å². The van der Waals surface area contributed by atoms with Gasteiger partial charge in [-0.25, -0.2) is 4.79 Å². The van der Waals surface area contributed by atoms with Gasteiger partial charge in [0.1, 0.15) is 18.1 Å². The smallest absolute Gasteiger partial charge is 0.333 e. The summed E-state index contributed by atoms with van der Waals surface area (Å²) in [5.41, 5.74) is 3.08. The summed E-state index contributed by atoms with van der Waals surface area (Å²) < 4.78 is 16.8. The van der Waals surface area contributed by atoms with Crippen molar-refractivity contribution in [3.05, 3.63) is 77.9 Å². The predicted octanol–water partition coefficient (Wildman–Crippen LogP) is 3.64. The zero-order chi connectivity index (χ0) is 26.2. The van der Waals surface area contributed by atoms with E-state index in [-0.39, 0.29) is 31.5 Å². The molecule has 4 rings (SSSR count). The first kappa shape index (κ1) is 26.0. The molecule has 0 radical (unpaired) electrons. The van der Waals surface area contributed by atoms with Crippen molar-refractivity contribution < 1.29 is 34.1 Å². The van der Waals surface area contributed by atoms with Gasteiger partial charge in [0.2, 0.25) is 0 Å². The van der Waals surface area contributed by atoms with Crippen molar-refractivity contribution in [3.63, 3.8) is 0 Å². The first-order chi connectivity index (χ1) is 18.0. The fraction of sp³-hybridized carbons (Fsp3) is 0.321. The molecule has 2 atom stereocenters. The van der Waals surface area contributed by atoms with Crippen LogP contribution in [0, 0.1) is 5.92 Å². The van der Waals surface area contributed by atoms with Crippen molar-refractivity contribution in [1.82, 2.24) is 0 Å². The zero-order valence-electron chi connectivity index (χ0n) is 20.6. The van der Waals surface area contributed by atoms with Gasteiger partial charge in [0.05, 0.1) is 17.9 Å². The molecule has 0 saturated carbocycles. The number of oxime groups is 1. The third-order valence-electron chi connectivity index (χ3n) is 6.21. The van der Waals surface area contributed by atoms with E-state index in [0.29, 0.717) is 42.5 Å². The highest BCUT2D eigenvalue weighted by molar-refractivity contribution is 5.99. The van der Waals surface area contributed by atoms with Crippen LogP contribution in [0.1, 0.15) is 18.1 Å². The quantitative estimate of drug-likeness (QED) is 0.353. The van der Waals surface area contributed by atoms with Crippen LogP contribution in [0.4, 0.5) is 5.69 Å². The molecular formula is C28H30N2O7. The summed E-state index contributed by atoms with van der Waals surface area (Å²) in [5.74, 6) is 0.0410. The number of hydrogen-bond donors (Lipinski definition) is 2. The number of benzene rings is 2. The first-order valence-corrected chi connectivity index (χ1v) is 12.2. The maximum Gasteiger partial charge on any atom is 0.333 e. The number of ether oxygens (including phenoxy) is 3. The molecule has 1 amide bonds. The van der Waals surface area contributed by atoms with Crippen molar-refractivity contribution in [2.45, 2.75) is 25.9 Å². The van der Waals surface area contributed by atoms with Crippen molar-refractivity contribution in [3.8, 4) is 11.5 Å². The number of carbonyl (C=O) groups excluding carboxylic acids is 1. The molecule has 1 heterocycles. The highest BCUT2D eigenvalue weighted by Crippen LogP contribution is 2.34. The molecule has 0 aromatic heterocycles. The summed E-state index contributed by atoms with van der Waals surface area (Å²) in [7, 11) is 0. The largest absolute Gasteiger partial charge is 0.492 e. The molecule has 0 saturated heterocycles. The highest BCUT2D eigenvalue weighted by atomic mass is 16.5. The van der Waals surface area contributed by atoms with E-state index in [1.807, 2.05) is 48.6 Å². The standard InChI is InChI=1S/C28H30N2O7/c1-2-35-26(28(32)33)17-19-7-10-22(11-8-19)36-14-13-30-24-16-20(9-12-25(24)37-18-27(30)31)15-21-5-3-4-6-23(21)29-34/h3-12,16,21,26,34H,2,13-15,17-18H2,1H3,(H,32,33). The van der Waals surface area contributed by atoms with E-state index in [4.69, 9.17) is 14.2 Å². The number of nitrogens with zero attached hydrogens (tertiary/aromatic N) is 2. The van der Waals surface area contributed by atoms with Crippen molar-refractivity contribution in [2.75, 3.05) is 31.3 Å². The minimum atomic E-state index is -0.991. The number of anilines is 1. The Morgan fingerprint density at radius 2 is 1.97 bits per heavy atom. The molecule has 194 valence electrons. The fourth-order valence-corrected chi connectivity index (χ4v) is 4.34. The van der Waals surface area contributed by atoms with E-state index in [9.17, 15) is 19.9 Å². The molecule has 2 unspecified atom stereocenters. The number of amides is 1. The van der Waals surface area contributed by atoms with Crippen molar-refractivity contribution >= 4 is 23.3 Å². The Morgan fingerprint density at radius 3 is 2.70 bits per heavy atom. The van der Waals surface area contributed by atoms with Crippen LogP contribution in [0.5, 0.6) is 11.5 Å². The number of allylic oxidation sites excluding steroid dienone is 4. The Labute approximate surface area is 215 Å². The number of carboxylic acids is 1. The SMILES string of the molecule is CCOC(Cc1ccc(OCCN2C(=O)COc3ccc(CC4C=CC=CC4=NO)cc32)cc1)C(=O)O. The summed E-state index contributed by atoms with van der Waals surface area (Å²) in [6.45, 7) is 2.65. The number of carbonyl (C=O) groups is 2. The number of hydrogen-bond acceptors (Lipinski definition) is 7. The Hall–Kier alpha value is -4.11. The molecule has 9 heteroatoms. The molecule has 1 aliphatic heterocycles. The highest BCUT2D eigenvalue weighted by Gasteiger charge is 2.26. The summed E-state index contributed by atoms with van der Waals surface area (Å²) in [4.78, 5) is 25.6. The molecule has 2 aromatic carbocycles. The monoisotopic (exact) mass is 506 g/mol. The third-order valence-corrected chi connectivity index (χ3v) is 6.21. The van der Waals surface area contributed by atoms with E-state index in [1.165, 1.54) is 0 Å². The van der Waals surface area contributed by atoms with Gasteiger partial charge < -0.3 is 29.4 Å². The molecule has 0 fully saturated rings. The van der Waals surface area contributed by atoms with E-state index >= 15 is 0 Å². The Balaban J connectivity index is 1.38. The second kappa shape index (κ2) is 12.2. The summed E-state index contributed by atoms with van der Waals surface area (Å²) in [6, 6.07) is 12.9. The second-order valence-corrected chi connectivity index (χ2v) is 8.69. The van der Waals surface area contributed by atoms with Crippen LogP contribution < -0.4 is 14.4 Å². The normalized spacial score (nSPS) is 18.4. The summed E-state index contributed by atoms with van der Waals surface area (Å²) in [6.07, 6.45) is 7.49. The minimum absolute atomic E-state index is 0.0386. The van der Waals surface area contributed by atoms with E-state index < -0.39 is 12.1 Å². The maximum atomic E-state index is 12.7. The molecule has 2 N–H and O–H groups in total. The second-order valence-electron chi connectivity index (χ2n) is 8.69. The van der Waals surface area contributed by atoms with Gasteiger partial charge in [-0.1, -0.05) is 41.6 Å². The van der Waals surface area contributed by atoms with Gasteiger partial charge in [-0.05, 0) is 54.8 Å². The van der Waals surface area contributed by atoms with Crippen LogP contribution in [-0.2, 0) is 27.2 Å². The third kappa shape index (κ3) is 6.56. The average Bonchev–Trinajstić information content (AvgIpc) is 2.91. The topological polar surface area (TPSA) is 118 Å². The summed E-state index contributed by atoms with van der Waals surface area (Å²) in [5, 5.41) is 21.9.